The lowest BCUT2D eigenvalue weighted by Gasteiger charge is -2.34. The number of nitrogens with zero attached hydrogens (tertiary/aromatic N) is 2. The van der Waals surface area contributed by atoms with Crippen molar-refractivity contribution >= 4 is 6.03 Å². The molecule has 126 valence electrons. The van der Waals surface area contributed by atoms with Crippen LogP contribution in [0.25, 0.3) is 0 Å². The van der Waals surface area contributed by atoms with Crippen molar-refractivity contribution in [2.24, 2.45) is 0 Å². The quantitative estimate of drug-likeness (QED) is 0.939. The third-order valence-corrected chi connectivity index (χ3v) is 4.60. The van der Waals surface area contributed by atoms with Crippen molar-refractivity contribution in [3.05, 3.63) is 71.3 Å². The monoisotopic (exact) mass is 323 g/mol. The Morgan fingerprint density at radius 3 is 2.33 bits per heavy atom. The standard InChI is InChI=1S/C20H25N3O/c1-17-7-5-6-10-19(17)15-21-20(24)23-13-11-22(12-14-23)16-18-8-3-2-4-9-18/h2-10H,11-16H2,1H3,(H,21,24). The Kier molecular flexibility index (Phi) is 5.49. The SMILES string of the molecule is Cc1ccccc1CNC(=O)N1CCN(Cc2ccccc2)CC1. The van der Waals surface area contributed by atoms with Gasteiger partial charge in [-0.05, 0) is 23.6 Å². The number of rotatable bonds is 4. The van der Waals surface area contributed by atoms with Crippen molar-refractivity contribution in [2.75, 3.05) is 26.2 Å². The number of hydrogen-bond donors (Lipinski definition) is 1. The lowest BCUT2D eigenvalue weighted by atomic mass is 10.1. The molecule has 3 rings (SSSR count). The molecule has 2 aromatic rings. The maximum absolute atomic E-state index is 12.3. The molecule has 0 spiro atoms. The molecule has 2 amide bonds. The van der Waals surface area contributed by atoms with Gasteiger partial charge in [0.2, 0.25) is 0 Å². The minimum absolute atomic E-state index is 0.0395. The van der Waals surface area contributed by atoms with Gasteiger partial charge >= 0.3 is 6.03 Å². The van der Waals surface area contributed by atoms with E-state index < -0.39 is 0 Å². The summed E-state index contributed by atoms with van der Waals surface area (Å²) >= 11 is 0. The molecule has 4 heteroatoms. The van der Waals surface area contributed by atoms with Crippen LogP contribution in [0.5, 0.6) is 0 Å². The Balaban J connectivity index is 1.44. The number of urea groups is 1. The summed E-state index contributed by atoms with van der Waals surface area (Å²) < 4.78 is 0. The van der Waals surface area contributed by atoms with Crippen molar-refractivity contribution in [3.8, 4) is 0 Å². The van der Waals surface area contributed by atoms with E-state index in [1.165, 1.54) is 16.7 Å². The third-order valence-electron chi connectivity index (χ3n) is 4.60. The number of piperazine rings is 1. The van der Waals surface area contributed by atoms with Gasteiger partial charge in [-0.25, -0.2) is 4.79 Å². The first-order valence-corrected chi connectivity index (χ1v) is 8.56. The van der Waals surface area contributed by atoms with E-state index in [2.05, 4.69) is 53.5 Å². The smallest absolute Gasteiger partial charge is 0.317 e. The molecular formula is C20H25N3O. The summed E-state index contributed by atoms with van der Waals surface area (Å²) in [6.07, 6.45) is 0. The van der Waals surface area contributed by atoms with Crippen molar-refractivity contribution in [1.29, 1.82) is 0 Å². The summed E-state index contributed by atoms with van der Waals surface area (Å²) in [5.41, 5.74) is 3.72. The van der Waals surface area contributed by atoms with Gasteiger partial charge in [-0.3, -0.25) is 4.90 Å². The maximum atomic E-state index is 12.3. The van der Waals surface area contributed by atoms with Gasteiger partial charge in [-0.1, -0.05) is 54.6 Å². The van der Waals surface area contributed by atoms with Crippen LogP contribution in [0.15, 0.2) is 54.6 Å². The fourth-order valence-corrected chi connectivity index (χ4v) is 3.04. The molecule has 0 saturated carbocycles. The predicted molar refractivity (Wildman–Crippen MR) is 96.7 cm³/mol. The molecule has 1 aliphatic heterocycles. The summed E-state index contributed by atoms with van der Waals surface area (Å²) in [4.78, 5) is 16.7. The molecular weight excluding hydrogens is 298 g/mol. The summed E-state index contributed by atoms with van der Waals surface area (Å²) in [7, 11) is 0. The van der Waals surface area contributed by atoms with Crippen molar-refractivity contribution in [2.45, 2.75) is 20.0 Å². The largest absolute Gasteiger partial charge is 0.334 e. The molecule has 0 radical (unpaired) electrons. The molecule has 4 nitrogen and oxygen atoms in total. The number of benzene rings is 2. The highest BCUT2D eigenvalue weighted by atomic mass is 16.2. The normalized spacial score (nSPS) is 15.3. The van der Waals surface area contributed by atoms with Crippen LogP contribution < -0.4 is 5.32 Å². The molecule has 0 bridgehead atoms. The molecule has 24 heavy (non-hydrogen) atoms. The molecule has 0 aliphatic carbocycles. The van der Waals surface area contributed by atoms with Crippen LogP contribution in [-0.4, -0.2) is 42.0 Å². The van der Waals surface area contributed by atoms with Crippen molar-refractivity contribution in [3.63, 3.8) is 0 Å². The van der Waals surface area contributed by atoms with E-state index in [-0.39, 0.29) is 6.03 Å². The zero-order valence-electron chi connectivity index (χ0n) is 14.2. The molecule has 0 aromatic heterocycles. The van der Waals surface area contributed by atoms with Crippen LogP contribution >= 0.6 is 0 Å². The summed E-state index contributed by atoms with van der Waals surface area (Å²) in [6.45, 7) is 7.04. The molecule has 1 heterocycles. The van der Waals surface area contributed by atoms with E-state index >= 15 is 0 Å². The number of nitrogens with one attached hydrogen (secondary N) is 1. The summed E-state index contributed by atoms with van der Waals surface area (Å²) in [5.74, 6) is 0. The van der Waals surface area contributed by atoms with E-state index in [0.29, 0.717) is 6.54 Å². The molecule has 1 aliphatic rings. The van der Waals surface area contributed by atoms with Gasteiger partial charge in [0.15, 0.2) is 0 Å². The van der Waals surface area contributed by atoms with Crippen LogP contribution in [0.3, 0.4) is 0 Å². The fraction of sp³-hybridized carbons (Fsp3) is 0.350. The maximum Gasteiger partial charge on any atom is 0.317 e. The molecule has 0 atom stereocenters. The highest BCUT2D eigenvalue weighted by Gasteiger charge is 2.20. The van der Waals surface area contributed by atoms with Crippen LogP contribution in [0.1, 0.15) is 16.7 Å². The number of amides is 2. The Labute approximate surface area is 144 Å². The highest BCUT2D eigenvalue weighted by molar-refractivity contribution is 5.74. The lowest BCUT2D eigenvalue weighted by molar-refractivity contribution is 0.135. The topological polar surface area (TPSA) is 35.6 Å². The van der Waals surface area contributed by atoms with Gasteiger partial charge in [0.25, 0.3) is 0 Å². The van der Waals surface area contributed by atoms with Gasteiger partial charge in [0.05, 0.1) is 0 Å². The van der Waals surface area contributed by atoms with E-state index in [1.54, 1.807) is 0 Å². The van der Waals surface area contributed by atoms with Crippen molar-refractivity contribution < 1.29 is 4.79 Å². The Hall–Kier alpha value is -2.33. The minimum Gasteiger partial charge on any atom is -0.334 e. The zero-order chi connectivity index (χ0) is 16.8. The number of carbonyl (C=O) groups excluding carboxylic acids is 1. The molecule has 1 saturated heterocycles. The van der Waals surface area contributed by atoms with Gasteiger partial charge in [0, 0.05) is 39.3 Å². The first-order chi connectivity index (χ1) is 11.7. The Bertz CT molecular complexity index is 664. The van der Waals surface area contributed by atoms with E-state index in [1.807, 2.05) is 23.1 Å². The average molecular weight is 323 g/mol. The summed E-state index contributed by atoms with van der Waals surface area (Å²) in [5, 5.41) is 3.04. The molecule has 2 aromatic carbocycles. The van der Waals surface area contributed by atoms with Crippen LogP contribution in [-0.2, 0) is 13.1 Å². The number of hydrogen-bond acceptors (Lipinski definition) is 2. The Morgan fingerprint density at radius 1 is 0.958 bits per heavy atom. The second-order valence-electron chi connectivity index (χ2n) is 6.33. The second kappa shape index (κ2) is 7.97. The van der Waals surface area contributed by atoms with Crippen molar-refractivity contribution in [1.82, 2.24) is 15.1 Å². The van der Waals surface area contributed by atoms with Gasteiger partial charge in [-0.2, -0.15) is 0 Å². The highest BCUT2D eigenvalue weighted by Crippen LogP contribution is 2.10. The van der Waals surface area contributed by atoms with E-state index in [9.17, 15) is 4.79 Å². The zero-order valence-corrected chi connectivity index (χ0v) is 14.2. The predicted octanol–water partition coefficient (Wildman–Crippen LogP) is 3.02. The summed E-state index contributed by atoms with van der Waals surface area (Å²) in [6, 6.07) is 18.7. The van der Waals surface area contributed by atoms with Gasteiger partial charge in [-0.15, -0.1) is 0 Å². The Morgan fingerprint density at radius 2 is 1.62 bits per heavy atom. The third kappa shape index (κ3) is 4.36. The van der Waals surface area contributed by atoms with Crippen LogP contribution in [0.2, 0.25) is 0 Å². The van der Waals surface area contributed by atoms with Crippen LogP contribution in [0.4, 0.5) is 4.79 Å². The number of carbonyl (C=O) groups is 1. The van der Waals surface area contributed by atoms with Gasteiger partial charge in [0.1, 0.15) is 0 Å². The molecule has 1 N–H and O–H groups in total. The lowest BCUT2D eigenvalue weighted by Crippen LogP contribution is -2.51. The van der Waals surface area contributed by atoms with Gasteiger partial charge < -0.3 is 10.2 Å². The fourth-order valence-electron chi connectivity index (χ4n) is 3.04. The molecule has 1 fully saturated rings. The first-order valence-electron chi connectivity index (χ1n) is 8.56. The average Bonchev–Trinajstić information content (AvgIpc) is 2.62. The first kappa shape index (κ1) is 16.5. The van der Waals surface area contributed by atoms with E-state index in [0.717, 1.165) is 32.7 Å². The van der Waals surface area contributed by atoms with Crippen LogP contribution in [0, 0.1) is 6.92 Å². The minimum atomic E-state index is 0.0395. The second-order valence-corrected chi connectivity index (χ2v) is 6.33. The number of aryl methyl sites for hydroxylation is 1. The molecule has 0 unspecified atom stereocenters. The van der Waals surface area contributed by atoms with E-state index in [4.69, 9.17) is 0 Å².